The minimum Gasteiger partial charge on any atom is -0.468 e. The predicted molar refractivity (Wildman–Crippen MR) is 119 cm³/mol. The summed E-state index contributed by atoms with van der Waals surface area (Å²) < 4.78 is 15.1. The highest BCUT2D eigenvalue weighted by atomic mass is 16.5. The first-order valence-electron chi connectivity index (χ1n) is 10.4. The highest BCUT2D eigenvalue weighted by Gasteiger charge is 2.27. The van der Waals surface area contributed by atoms with Crippen LogP contribution >= 0.6 is 0 Å². The summed E-state index contributed by atoms with van der Waals surface area (Å²) in [4.78, 5) is 49.9. The molecule has 0 radical (unpaired) electrons. The summed E-state index contributed by atoms with van der Waals surface area (Å²) in [5.41, 5.74) is 1.62. The molecule has 0 saturated carbocycles. The first-order valence-corrected chi connectivity index (χ1v) is 10.4. The Kier molecular flexibility index (Phi) is 10.6. The SMILES string of the molecule is COC(=O)CNC(=O)[C@H](C)N(CC(=O)OCc1ccccc1)CC(=O)OCc1ccccc1. The molecule has 0 fully saturated rings. The lowest BCUT2D eigenvalue weighted by Gasteiger charge is -2.26. The lowest BCUT2D eigenvalue weighted by molar-refractivity contribution is -0.152. The van der Waals surface area contributed by atoms with E-state index in [1.54, 1.807) is 0 Å². The van der Waals surface area contributed by atoms with Gasteiger partial charge in [0.25, 0.3) is 0 Å². The van der Waals surface area contributed by atoms with Crippen LogP contribution in [0.3, 0.4) is 0 Å². The van der Waals surface area contributed by atoms with Crippen molar-refractivity contribution in [3.05, 3.63) is 71.8 Å². The minimum atomic E-state index is -0.914. The fourth-order valence-electron chi connectivity index (χ4n) is 2.77. The van der Waals surface area contributed by atoms with Crippen molar-refractivity contribution >= 4 is 23.8 Å². The van der Waals surface area contributed by atoms with E-state index in [-0.39, 0.29) is 32.8 Å². The molecule has 0 saturated heterocycles. The van der Waals surface area contributed by atoms with Gasteiger partial charge in [-0.25, -0.2) is 0 Å². The molecule has 9 nitrogen and oxygen atoms in total. The van der Waals surface area contributed by atoms with Gasteiger partial charge >= 0.3 is 17.9 Å². The zero-order valence-electron chi connectivity index (χ0n) is 18.7. The van der Waals surface area contributed by atoms with Crippen molar-refractivity contribution in [3.63, 3.8) is 0 Å². The Morgan fingerprint density at radius 1 is 0.788 bits per heavy atom. The summed E-state index contributed by atoms with van der Waals surface area (Å²) in [6.07, 6.45) is 0. The van der Waals surface area contributed by atoms with E-state index in [1.165, 1.54) is 18.9 Å². The minimum absolute atomic E-state index is 0.0644. The quantitative estimate of drug-likeness (QED) is 0.377. The van der Waals surface area contributed by atoms with Crippen LogP contribution in [0.25, 0.3) is 0 Å². The number of hydrogen-bond donors (Lipinski definition) is 1. The second-order valence-electron chi connectivity index (χ2n) is 7.17. The van der Waals surface area contributed by atoms with Gasteiger partial charge in [0.1, 0.15) is 19.8 Å². The van der Waals surface area contributed by atoms with Gasteiger partial charge in [0.05, 0.1) is 26.2 Å². The van der Waals surface area contributed by atoms with Gasteiger partial charge in [-0.05, 0) is 18.1 Å². The predicted octanol–water partition coefficient (Wildman–Crippen LogP) is 1.45. The summed E-state index contributed by atoms with van der Waals surface area (Å²) in [5.74, 6) is -2.39. The Balaban J connectivity index is 1.97. The van der Waals surface area contributed by atoms with Crippen LogP contribution in [0.2, 0.25) is 0 Å². The molecule has 0 aromatic heterocycles. The number of methoxy groups -OCH3 is 1. The molecule has 1 N–H and O–H groups in total. The standard InChI is InChI=1S/C24H28N2O7/c1-18(24(30)25-13-21(27)31-2)26(14-22(28)32-16-19-9-5-3-6-10-19)15-23(29)33-17-20-11-7-4-8-12-20/h3-12,18H,13-17H2,1-2H3,(H,25,30)/t18-/m0/s1. The van der Waals surface area contributed by atoms with Crippen LogP contribution in [0.1, 0.15) is 18.1 Å². The first kappa shape index (κ1) is 25.5. The maximum Gasteiger partial charge on any atom is 0.325 e. The second-order valence-corrected chi connectivity index (χ2v) is 7.17. The normalized spacial score (nSPS) is 11.4. The van der Waals surface area contributed by atoms with E-state index >= 15 is 0 Å². The maximum absolute atomic E-state index is 12.5. The number of ether oxygens (including phenoxy) is 3. The van der Waals surface area contributed by atoms with Gasteiger partial charge in [-0.2, -0.15) is 0 Å². The van der Waals surface area contributed by atoms with Crippen molar-refractivity contribution in [2.24, 2.45) is 0 Å². The molecule has 0 heterocycles. The summed E-state index contributed by atoms with van der Waals surface area (Å²) >= 11 is 0. The summed E-state index contributed by atoms with van der Waals surface area (Å²) in [5, 5.41) is 2.42. The third kappa shape index (κ3) is 9.53. The van der Waals surface area contributed by atoms with Gasteiger partial charge in [0, 0.05) is 0 Å². The number of esters is 3. The maximum atomic E-state index is 12.5. The Morgan fingerprint density at radius 2 is 1.24 bits per heavy atom. The van der Waals surface area contributed by atoms with E-state index in [1.807, 2.05) is 60.7 Å². The Morgan fingerprint density at radius 3 is 1.67 bits per heavy atom. The molecule has 0 aliphatic carbocycles. The molecule has 33 heavy (non-hydrogen) atoms. The van der Waals surface area contributed by atoms with Gasteiger partial charge in [0.2, 0.25) is 5.91 Å². The van der Waals surface area contributed by atoms with Gasteiger partial charge in [-0.15, -0.1) is 0 Å². The number of nitrogens with zero attached hydrogens (tertiary/aromatic N) is 1. The molecule has 9 heteroatoms. The number of carbonyl (C=O) groups is 4. The van der Waals surface area contributed by atoms with Crippen molar-refractivity contribution in [2.45, 2.75) is 26.2 Å². The van der Waals surface area contributed by atoms with Gasteiger partial charge < -0.3 is 19.5 Å². The van der Waals surface area contributed by atoms with E-state index in [4.69, 9.17) is 9.47 Å². The van der Waals surface area contributed by atoms with Crippen molar-refractivity contribution in [1.29, 1.82) is 0 Å². The van der Waals surface area contributed by atoms with Crippen LogP contribution in [-0.2, 0) is 46.6 Å². The molecule has 0 aliphatic heterocycles. The first-order chi connectivity index (χ1) is 15.9. The van der Waals surface area contributed by atoms with E-state index < -0.39 is 29.9 Å². The third-order valence-corrected chi connectivity index (χ3v) is 4.71. The molecule has 1 atom stereocenters. The van der Waals surface area contributed by atoms with Crippen molar-refractivity contribution in [3.8, 4) is 0 Å². The zero-order chi connectivity index (χ0) is 24.1. The summed E-state index contributed by atoms with van der Waals surface area (Å²) in [6, 6.07) is 17.3. The average molecular weight is 456 g/mol. The molecule has 2 aromatic carbocycles. The summed E-state index contributed by atoms with van der Waals surface area (Å²) in [7, 11) is 1.20. The average Bonchev–Trinajstić information content (AvgIpc) is 2.84. The lowest BCUT2D eigenvalue weighted by atomic mass is 10.2. The van der Waals surface area contributed by atoms with Crippen LogP contribution in [0, 0.1) is 0 Å². The molecule has 0 aliphatic rings. The molecular weight excluding hydrogens is 428 g/mol. The van der Waals surface area contributed by atoms with E-state index in [0.29, 0.717) is 0 Å². The van der Waals surface area contributed by atoms with Crippen LogP contribution in [0.5, 0.6) is 0 Å². The molecule has 0 bridgehead atoms. The van der Waals surface area contributed by atoms with Gasteiger partial charge in [-0.3, -0.25) is 24.1 Å². The molecule has 0 spiro atoms. The highest BCUT2D eigenvalue weighted by molar-refractivity contribution is 5.86. The Bertz CT molecular complexity index is 861. The van der Waals surface area contributed by atoms with E-state index in [0.717, 1.165) is 11.1 Å². The Hall–Kier alpha value is -3.72. The van der Waals surface area contributed by atoms with Gasteiger partial charge in [-0.1, -0.05) is 60.7 Å². The molecule has 0 unspecified atom stereocenters. The van der Waals surface area contributed by atoms with Crippen LogP contribution in [-0.4, -0.2) is 61.5 Å². The van der Waals surface area contributed by atoms with Crippen molar-refractivity contribution < 1.29 is 33.4 Å². The van der Waals surface area contributed by atoms with Crippen molar-refractivity contribution in [2.75, 3.05) is 26.7 Å². The highest BCUT2D eigenvalue weighted by Crippen LogP contribution is 2.06. The number of amides is 1. The topological polar surface area (TPSA) is 111 Å². The largest absolute Gasteiger partial charge is 0.468 e. The Labute approximate surface area is 192 Å². The zero-order valence-corrected chi connectivity index (χ0v) is 18.7. The van der Waals surface area contributed by atoms with Gasteiger partial charge in [0.15, 0.2) is 0 Å². The number of hydrogen-bond acceptors (Lipinski definition) is 8. The van der Waals surface area contributed by atoms with Crippen LogP contribution in [0.15, 0.2) is 60.7 Å². The van der Waals surface area contributed by atoms with E-state index in [2.05, 4.69) is 10.1 Å². The van der Waals surface area contributed by atoms with Crippen LogP contribution in [0.4, 0.5) is 0 Å². The molecule has 2 rings (SSSR count). The smallest absolute Gasteiger partial charge is 0.325 e. The van der Waals surface area contributed by atoms with Crippen LogP contribution < -0.4 is 5.32 Å². The molecular formula is C24H28N2O7. The molecule has 176 valence electrons. The van der Waals surface area contributed by atoms with E-state index in [9.17, 15) is 19.2 Å². The number of carbonyl (C=O) groups excluding carboxylic acids is 4. The molecule has 2 aromatic rings. The third-order valence-electron chi connectivity index (χ3n) is 4.71. The fourth-order valence-corrected chi connectivity index (χ4v) is 2.77. The lowest BCUT2D eigenvalue weighted by Crippen LogP contribution is -2.50. The summed E-state index contributed by atoms with van der Waals surface area (Å²) in [6.45, 7) is 0.677. The number of rotatable bonds is 12. The van der Waals surface area contributed by atoms with Crippen molar-refractivity contribution in [1.82, 2.24) is 10.2 Å². The molecule has 1 amide bonds. The fraction of sp³-hybridized carbons (Fsp3) is 0.333. The number of benzene rings is 2. The second kappa shape index (κ2) is 13.6. The monoisotopic (exact) mass is 456 g/mol. The number of nitrogens with one attached hydrogen (secondary N) is 1.